The zero-order chi connectivity index (χ0) is 18.6. The summed E-state index contributed by atoms with van der Waals surface area (Å²) < 4.78 is 0. The first-order valence-corrected chi connectivity index (χ1v) is 11.1. The SMILES string of the molecule is CCc1ccc(-c2nc(CC(=O)N3CCC(NCC4CC4)CC3)cs2)cc1.Cl. The number of aromatic nitrogens is 1. The molecule has 28 heavy (non-hydrogen) atoms. The van der Waals surface area contributed by atoms with E-state index in [1.54, 1.807) is 11.3 Å². The van der Waals surface area contributed by atoms with E-state index in [1.165, 1.54) is 24.9 Å². The lowest BCUT2D eigenvalue weighted by molar-refractivity contribution is -0.131. The minimum absolute atomic E-state index is 0. The molecule has 1 saturated heterocycles. The number of benzene rings is 1. The summed E-state index contributed by atoms with van der Waals surface area (Å²) in [7, 11) is 0. The third-order valence-electron chi connectivity index (χ3n) is 5.73. The van der Waals surface area contributed by atoms with Crippen molar-refractivity contribution < 1.29 is 4.79 Å². The van der Waals surface area contributed by atoms with Gasteiger partial charge in [-0.3, -0.25) is 4.79 Å². The van der Waals surface area contributed by atoms with Gasteiger partial charge in [0.2, 0.25) is 5.91 Å². The average molecular weight is 420 g/mol. The molecular formula is C22H30ClN3OS. The van der Waals surface area contributed by atoms with Crippen LogP contribution in [-0.4, -0.2) is 41.5 Å². The summed E-state index contributed by atoms with van der Waals surface area (Å²) in [6.07, 6.45) is 6.40. The van der Waals surface area contributed by atoms with Crippen molar-refractivity contribution in [1.82, 2.24) is 15.2 Å². The molecule has 0 atom stereocenters. The third-order valence-corrected chi connectivity index (χ3v) is 6.67. The second kappa shape index (κ2) is 9.86. The summed E-state index contributed by atoms with van der Waals surface area (Å²) in [5, 5.41) is 6.71. The molecule has 6 heteroatoms. The van der Waals surface area contributed by atoms with Gasteiger partial charge in [0, 0.05) is 30.1 Å². The molecule has 0 unspecified atom stereocenters. The minimum Gasteiger partial charge on any atom is -0.342 e. The summed E-state index contributed by atoms with van der Waals surface area (Å²) in [6, 6.07) is 9.16. The lowest BCUT2D eigenvalue weighted by Gasteiger charge is -2.32. The molecule has 1 aliphatic heterocycles. The quantitative estimate of drug-likeness (QED) is 0.726. The molecule has 2 fully saturated rings. The summed E-state index contributed by atoms with van der Waals surface area (Å²) in [5.41, 5.74) is 3.37. The maximum Gasteiger partial charge on any atom is 0.228 e. The Balaban J connectivity index is 0.00000225. The fourth-order valence-electron chi connectivity index (χ4n) is 3.66. The molecule has 1 amide bonds. The molecular weight excluding hydrogens is 390 g/mol. The number of rotatable bonds is 7. The van der Waals surface area contributed by atoms with Gasteiger partial charge in [0.25, 0.3) is 0 Å². The van der Waals surface area contributed by atoms with Crippen LogP contribution in [0.3, 0.4) is 0 Å². The zero-order valence-corrected chi connectivity index (χ0v) is 18.2. The van der Waals surface area contributed by atoms with E-state index in [2.05, 4.69) is 36.5 Å². The monoisotopic (exact) mass is 419 g/mol. The van der Waals surface area contributed by atoms with Crippen LogP contribution in [0.1, 0.15) is 43.9 Å². The van der Waals surface area contributed by atoms with Crippen molar-refractivity contribution in [2.45, 2.75) is 51.5 Å². The molecule has 2 aliphatic rings. The van der Waals surface area contributed by atoms with E-state index >= 15 is 0 Å². The van der Waals surface area contributed by atoms with Crippen molar-refractivity contribution in [2.24, 2.45) is 5.92 Å². The van der Waals surface area contributed by atoms with Gasteiger partial charge in [-0.1, -0.05) is 31.2 Å². The number of piperidine rings is 1. The van der Waals surface area contributed by atoms with Crippen molar-refractivity contribution in [3.63, 3.8) is 0 Å². The fourth-order valence-corrected chi connectivity index (χ4v) is 4.48. The molecule has 0 bridgehead atoms. The van der Waals surface area contributed by atoms with Gasteiger partial charge < -0.3 is 10.2 Å². The smallest absolute Gasteiger partial charge is 0.228 e. The van der Waals surface area contributed by atoms with Crippen LogP contribution in [0.25, 0.3) is 10.6 Å². The first kappa shape index (κ1) is 21.3. The van der Waals surface area contributed by atoms with Crippen LogP contribution in [0.15, 0.2) is 29.6 Å². The van der Waals surface area contributed by atoms with Gasteiger partial charge in [-0.2, -0.15) is 0 Å². The number of carbonyl (C=O) groups is 1. The van der Waals surface area contributed by atoms with Crippen molar-refractivity contribution >= 4 is 29.7 Å². The van der Waals surface area contributed by atoms with Crippen LogP contribution >= 0.6 is 23.7 Å². The first-order valence-electron chi connectivity index (χ1n) is 10.3. The standard InChI is InChI=1S/C22H29N3OS.ClH/c1-2-16-5-7-18(8-6-16)22-24-20(15-27-22)13-21(26)25-11-9-19(10-12-25)23-14-17-3-4-17;/h5-8,15,17,19,23H,2-4,9-14H2,1H3;1H. The fraction of sp³-hybridized carbons (Fsp3) is 0.545. The number of likely N-dealkylation sites (tertiary alicyclic amines) is 1. The second-order valence-electron chi connectivity index (χ2n) is 7.88. The molecule has 2 aromatic rings. The highest BCUT2D eigenvalue weighted by atomic mass is 35.5. The number of hydrogen-bond donors (Lipinski definition) is 1. The number of halogens is 1. The van der Waals surface area contributed by atoms with Crippen LogP contribution in [0.2, 0.25) is 0 Å². The number of carbonyl (C=O) groups excluding carboxylic acids is 1. The zero-order valence-electron chi connectivity index (χ0n) is 16.5. The predicted octanol–water partition coefficient (Wildman–Crippen LogP) is 4.33. The summed E-state index contributed by atoms with van der Waals surface area (Å²) in [5.74, 6) is 1.13. The number of nitrogens with one attached hydrogen (secondary N) is 1. The van der Waals surface area contributed by atoms with Crippen molar-refractivity contribution in [3.05, 3.63) is 40.9 Å². The van der Waals surface area contributed by atoms with Gasteiger partial charge in [0.1, 0.15) is 5.01 Å². The Kier molecular flexibility index (Phi) is 7.49. The Bertz CT molecular complexity index is 764. The van der Waals surface area contributed by atoms with Gasteiger partial charge in [-0.05, 0) is 50.1 Å². The maximum absolute atomic E-state index is 12.6. The van der Waals surface area contributed by atoms with Gasteiger partial charge in [-0.25, -0.2) is 4.98 Å². The van der Waals surface area contributed by atoms with E-state index in [1.807, 2.05) is 10.3 Å². The lowest BCUT2D eigenvalue weighted by Crippen LogP contribution is -2.45. The highest BCUT2D eigenvalue weighted by Crippen LogP contribution is 2.28. The molecule has 1 aromatic heterocycles. The number of thiazole rings is 1. The Hall–Kier alpha value is -1.43. The molecule has 152 valence electrons. The first-order chi connectivity index (χ1) is 13.2. The summed E-state index contributed by atoms with van der Waals surface area (Å²) >= 11 is 1.63. The van der Waals surface area contributed by atoms with Gasteiger partial charge in [-0.15, -0.1) is 23.7 Å². The van der Waals surface area contributed by atoms with E-state index in [4.69, 9.17) is 4.98 Å². The highest BCUT2D eigenvalue weighted by Gasteiger charge is 2.26. The summed E-state index contributed by atoms with van der Waals surface area (Å²) in [4.78, 5) is 19.4. The van der Waals surface area contributed by atoms with Crippen LogP contribution < -0.4 is 5.32 Å². The third kappa shape index (κ3) is 5.56. The van der Waals surface area contributed by atoms with E-state index < -0.39 is 0 Å². The number of amides is 1. The maximum atomic E-state index is 12.6. The van der Waals surface area contributed by atoms with Crippen LogP contribution in [0, 0.1) is 5.92 Å². The Morgan fingerprint density at radius 1 is 1.18 bits per heavy atom. The Labute approximate surface area is 178 Å². The van der Waals surface area contributed by atoms with Gasteiger partial charge in [0.05, 0.1) is 12.1 Å². The molecule has 0 radical (unpaired) electrons. The number of hydrogen-bond acceptors (Lipinski definition) is 4. The lowest BCUT2D eigenvalue weighted by atomic mass is 10.0. The van der Waals surface area contributed by atoms with E-state index in [0.717, 1.165) is 54.5 Å². The summed E-state index contributed by atoms with van der Waals surface area (Å²) in [6.45, 7) is 5.07. The van der Waals surface area contributed by atoms with Crippen molar-refractivity contribution in [3.8, 4) is 10.6 Å². The van der Waals surface area contributed by atoms with Crippen molar-refractivity contribution in [1.29, 1.82) is 0 Å². The molecule has 1 aliphatic carbocycles. The predicted molar refractivity (Wildman–Crippen MR) is 118 cm³/mol. The van der Waals surface area contributed by atoms with Gasteiger partial charge >= 0.3 is 0 Å². The molecule has 4 rings (SSSR count). The van der Waals surface area contributed by atoms with Crippen LogP contribution in [0.4, 0.5) is 0 Å². The number of nitrogens with zero attached hydrogens (tertiary/aromatic N) is 2. The van der Waals surface area contributed by atoms with Crippen LogP contribution in [0.5, 0.6) is 0 Å². The molecule has 1 N–H and O–H groups in total. The molecule has 4 nitrogen and oxygen atoms in total. The Morgan fingerprint density at radius 3 is 2.54 bits per heavy atom. The van der Waals surface area contributed by atoms with Crippen molar-refractivity contribution in [2.75, 3.05) is 19.6 Å². The molecule has 1 aromatic carbocycles. The molecule has 0 spiro atoms. The molecule has 2 heterocycles. The van der Waals surface area contributed by atoms with Crippen LogP contribution in [-0.2, 0) is 17.6 Å². The average Bonchev–Trinajstić information content (AvgIpc) is 3.43. The van der Waals surface area contributed by atoms with E-state index in [0.29, 0.717) is 12.5 Å². The van der Waals surface area contributed by atoms with E-state index in [9.17, 15) is 4.79 Å². The minimum atomic E-state index is 0. The van der Waals surface area contributed by atoms with Gasteiger partial charge in [0.15, 0.2) is 0 Å². The van der Waals surface area contributed by atoms with E-state index in [-0.39, 0.29) is 18.3 Å². The Morgan fingerprint density at radius 2 is 1.89 bits per heavy atom. The largest absolute Gasteiger partial charge is 0.342 e. The normalized spacial score (nSPS) is 17.4. The molecule has 1 saturated carbocycles. The second-order valence-corrected chi connectivity index (χ2v) is 8.74. The highest BCUT2D eigenvalue weighted by molar-refractivity contribution is 7.13. The number of aryl methyl sites for hydroxylation is 1. The topological polar surface area (TPSA) is 45.2 Å².